The van der Waals surface area contributed by atoms with Crippen LogP contribution in [0.1, 0.15) is 11.1 Å². The normalized spacial score (nSPS) is 11.9. The van der Waals surface area contributed by atoms with Crippen LogP contribution in [0.3, 0.4) is 0 Å². The van der Waals surface area contributed by atoms with Crippen molar-refractivity contribution in [1.82, 2.24) is 14.6 Å². The van der Waals surface area contributed by atoms with Crippen molar-refractivity contribution in [2.75, 3.05) is 0 Å². The van der Waals surface area contributed by atoms with Crippen molar-refractivity contribution in [2.24, 2.45) is 0 Å². The Morgan fingerprint density at radius 3 is 2.55 bits per heavy atom. The van der Waals surface area contributed by atoms with Crippen molar-refractivity contribution < 1.29 is 17.9 Å². The van der Waals surface area contributed by atoms with Crippen LogP contribution in [0, 0.1) is 13.8 Å². The van der Waals surface area contributed by atoms with Gasteiger partial charge in [0.2, 0.25) is 0 Å². The molecule has 0 amide bonds. The van der Waals surface area contributed by atoms with E-state index in [2.05, 4.69) is 14.8 Å². The maximum Gasteiger partial charge on any atom is 0.573 e. The van der Waals surface area contributed by atoms with E-state index in [1.165, 1.54) is 12.1 Å². The van der Waals surface area contributed by atoms with E-state index in [4.69, 9.17) is 0 Å². The van der Waals surface area contributed by atoms with Gasteiger partial charge in [-0.3, -0.25) is 0 Å². The van der Waals surface area contributed by atoms with Gasteiger partial charge in [-0.2, -0.15) is 5.10 Å². The van der Waals surface area contributed by atoms with Crippen LogP contribution < -0.4 is 4.74 Å². The highest BCUT2D eigenvalue weighted by molar-refractivity contribution is 5.70. The molecule has 1 aromatic carbocycles. The van der Waals surface area contributed by atoms with Gasteiger partial charge in [0, 0.05) is 5.56 Å². The van der Waals surface area contributed by atoms with Gasteiger partial charge >= 0.3 is 6.36 Å². The summed E-state index contributed by atoms with van der Waals surface area (Å²) in [5.74, 6) is -0.240. The van der Waals surface area contributed by atoms with E-state index in [0.717, 1.165) is 16.6 Å². The van der Waals surface area contributed by atoms with Gasteiger partial charge in [0.15, 0.2) is 0 Å². The molecule has 0 aliphatic rings. The molecule has 0 N–H and O–H groups in total. The molecule has 0 saturated carbocycles. The summed E-state index contributed by atoms with van der Waals surface area (Å²) in [7, 11) is 0. The van der Waals surface area contributed by atoms with Crippen molar-refractivity contribution in [2.45, 2.75) is 20.2 Å². The van der Waals surface area contributed by atoms with E-state index in [9.17, 15) is 13.2 Å². The molecule has 114 valence electrons. The number of halogens is 3. The van der Waals surface area contributed by atoms with Crippen LogP contribution in [0.25, 0.3) is 16.8 Å². The van der Waals surface area contributed by atoms with Crippen LogP contribution in [0.15, 0.2) is 36.8 Å². The number of aryl methyl sites for hydroxylation is 2. The smallest absolute Gasteiger partial charge is 0.406 e. The Morgan fingerprint density at radius 2 is 1.86 bits per heavy atom. The summed E-state index contributed by atoms with van der Waals surface area (Å²) in [6.45, 7) is 3.65. The first-order valence-corrected chi connectivity index (χ1v) is 6.50. The molecule has 0 bridgehead atoms. The molecule has 4 nitrogen and oxygen atoms in total. The number of hydrogen-bond donors (Lipinski definition) is 0. The molecule has 22 heavy (non-hydrogen) atoms. The summed E-state index contributed by atoms with van der Waals surface area (Å²) < 4.78 is 42.3. The lowest BCUT2D eigenvalue weighted by Gasteiger charge is -2.11. The average molecular weight is 307 g/mol. The molecule has 3 aromatic rings. The number of rotatable bonds is 2. The SMILES string of the molecule is Cc1cc(OC(F)(F)F)ccc1-c1cc2c(C)cnn2cn1. The van der Waals surface area contributed by atoms with Crippen LogP contribution in [0.5, 0.6) is 5.75 Å². The number of fused-ring (bicyclic) bond motifs is 1. The van der Waals surface area contributed by atoms with Gasteiger partial charge in [0.25, 0.3) is 0 Å². The minimum Gasteiger partial charge on any atom is -0.406 e. The lowest BCUT2D eigenvalue weighted by Crippen LogP contribution is -2.17. The van der Waals surface area contributed by atoms with Crippen LogP contribution in [0.2, 0.25) is 0 Å². The van der Waals surface area contributed by atoms with Gasteiger partial charge in [-0.1, -0.05) is 0 Å². The van der Waals surface area contributed by atoms with Gasteiger partial charge < -0.3 is 4.74 Å². The van der Waals surface area contributed by atoms with Gasteiger partial charge in [-0.05, 0) is 49.2 Å². The maximum atomic E-state index is 12.2. The van der Waals surface area contributed by atoms with Crippen molar-refractivity contribution in [3.63, 3.8) is 0 Å². The number of alkyl halides is 3. The second-order valence-electron chi connectivity index (χ2n) is 4.96. The first-order chi connectivity index (χ1) is 10.3. The Hall–Kier alpha value is -2.57. The molecular formula is C15H12F3N3O. The predicted octanol–water partition coefficient (Wildman–Crippen LogP) is 3.91. The van der Waals surface area contributed by atoms with E-state index in [0.29, 0.717) is 11.3 Å². The molecule has 2 aromatic heterocycles. The van der Waals surface area contributed by atoms with Gasteiger partial charge in [-0.25, -0.2) is 9.50 Å². The second kappa shape index (κ2) is 5.01. The fourth-order valence-corrected chi connectivity index (χ4v) is 2.28. The van der Waals surface area contributed by atoms with E-state index < -0.39 is 6.36 Å². The largest absolute Gasteiger partial charge is 0.573 e. The van der Waals surface area contributed by atoms with E-state index in [1.807, 2.05) is 13.0 Å². The molecule has 2 heterocycles. The number of benzene rings is 1. The molecule has 0 atom stereocenters. The zero-order valence-electron chi connectivity index (χ0n) is 11.8. The molecule has 0 radical (unpaired) electrons. The molecular weight excluding hydrogens is 295 g/mol. The molecule has 0 spiro atoms. The number of nitrogens with zero attached hydrogens (tertiary/aromatic N) is 3. The summed E-state index contributed by atoms with van der Waals surface area (Å²) in [6, 6.07) is 6.05. The quantitative estimate of drug-likeness (QED) is 0.720. The Bertz CT molecular complexity index is 840. The topological polar surface area (TPSA) is 39.4 Å². The van der Waals surface area contributed by atoms with Crippen molar-refractivity contribution >= 4 is 5.52 Å². The Kier molecular flexibility index (Phi) is 3.27. The summed E-state index contributed by atoms with van der Waals surface area (Å²) in [5, 5.41) is 4.14. The van der Waals surface area contributed by atoms with Crippen LogP contribution in [0.4, 0.5) is 13.2 Å². The zero-order valence-corrected chi connectivity index (χ0v) is 11.8. The van der Waals surface area contributed by atoms with Crippen LogP contribution >= 0.6 is 0 Å². The lowest BCUT2D eigenvalue weighted by molar-refractivity contribution is -0.274. The monoisotopic (exact) mass is 307 g/mol. The molecule has 0 fully saturated rings. The molecule has 0 unspecified atom stereocenters. The van der Waals surface area contributed by atoms with Gasteiger partial charge in [0.1, 0.15) is 12.1 Å². The Balaban J connectivity index is 2.01. The molecule has 7 heteroatoms. The van der Waals surface area contributed by atoms with Crippen LogP contribution in [-0.4, -0.2) is 21.0 Å². The third kappa shape index (κ3) is 2.74. The Morgan fingerprint density at radius 1 is 1.09 bits per heavy atom. The van der Waals surface area contributed by atoms with Crippen molar-refractivity contribution in [3.05, 3.63) is 47.9 Å². The second-order valence-corrected chi connectivity index (χ2v) is 4.96. The maximum absolute atomic E-state index is 12.2. The number of hydrogen-bond acceptors (Lipinski definition) is 3. The highest BCUT2D eigenvalue weighted by Gasteiger charge is 2.31. The van der Waals surface area contributed by atoms with Crippen molar-refractivity contribution in [3.8, 4) is 17.0 Å². The third-order valence-corrected chi connectivity index (χ3v) is 3.31. The standard InChI is InChI=1S/C15H12F3N3O/c1-9-5-11(22-15(16,17)18)3-4-12(9)13-6-14-10(2)7-20-21(14)8-19-13/h3-8H,1-2H3. The summed E-state index contributed by atoms with van der Waals surface area (Å²) in [6.07, 6.45) is -1.38. The fraction of sp³-hybridized carbons (Fsp3) is 0.200. The summed E-state index contributed by atoms with van der Waals surface area (Å²) >= 11 is 0. The molecule has 0 aliphatic heterocycles. The minimum absolute atomic E-state index is 0.240. The predicted molar refractivity (Wildman–Crippen MR) is 74.6 cm³/mol. The first kappa shape index (κ1) is 14.4. The van der Waals surface area contributed by atoms with Crippen molar-refractivity contribution in [1.29, 1.82) is 0 Å². The van der Waals surface area contributed by atoms with E-state index in [-0.39, 0.29) is 5.75 Å². The molecule has 0 saturated heterocycles. The van der Waals surface area contributed by atoms with Gasteiger partial charge in [0.05, 0.1) is 17.4 Å². The molecule has 3 rings (SSSR count). The molecule has 0 aliphatic carbocycles. The van der Waals surface area contributed by atoms with E-state index in [1.54, 1.807) is 30.0 Å². The first-order valence-electron chi connectivity index (χ1n) is 6.50. The third-order valence-electron chi connectivity index (χ3n) is 3.31. The zero-order chi connectivity index (χ0) is 15.9. The lowest BCUT2D eigenvalue weighted by atomic mass is 10.0. The number of aromatic nitrogens is 3. The Labute approximate surface area is 124 Å². The number of ether oxygens (including phenoxy) is 1. The minimum atomic E-state index is -4.69. The summed E-state index contributed by atoms with van der Waals surface area (Å²) in [4.78, 5) is 4.29. The average Bonchev–Trinajstić information content (AvgIpc) is 2.78. The van der Waals surface area contributed by atoms with Crippen LogP contribution in [-0.2, 0) is 0 Å². The fourth-order valence-electron chi connectivity index (χ4n) is 2.28. The van der Waals surface area contributed by atoms with Gasteiger partial charge in [-0.15, -0.1) is 13.2 Å². The summed E-state index contributed by atoms with van der Waals surface area (Å²) in [5.41, 5.74) is 3.97. The highest BCUT2D eigenvalue weighted by Crippen LogP contribution is 2.29. The highest BCUT2D eigenvalue weighted by atomic mass is 19.4. The van der Waals surface area contributed by atoms with E-state index >= 15 is 0 Å².